The van der Waals surface area contributed by atoms with E-state index in [-0.39, 0.29) is 11.5 Å². The molecule has 0 aliphatic heterocycles. The lowest BCUT2D eigenvalue weighted by Crippen LogP contribution is -2.21. The third-order valence-electron chi connectivity index (χ3n) is 4.47. The SMILES string of the molecule is O=C(CCCCCCSc1nc2cc(Br)ccc2c(=O)n1-c1ccccc1)NO. The summed E-state index contributed by atoms with van der Waals surface area (Å²) in [5, 5.41) is 9.75. The quantitative estimate of drug-likeness (QED) is 0.154. The smallest absolute Gasteiger partial charge is 0.266 e. The van der Waals surface area contributed by atoms with Gasteiger partial charge in [0.1, 0.15) is 0 Å². The van der Waals surface area contributed by atoms with E-state index in [0.717, 1.165) is 41.6 Å². The van der Waals surface area contributed by atoms with Crippen LogP contribution in [-0.4, -0.2) is 26.4 Å². The molecule has 6 nitrogen and oxygen atoms in total. The molecule has 0 aliphatic carbocycles. The van der Waals surface area contributed by atoms with E-state index in [2.05, 4.69) is 15.9 Å². The molecule has 0 bridgehead atoms. The molecule has 3 rings (SSSR count). The third kappa shape index (κ3) is 5.68. The normalized spacial score (nSPS) is 11.0. The van der Waals surface area contributed by atoms with E-state index in [9.17, 15) is 9.59 Å². The largest absolute Gasteiger partial charge is 0.289 e. The number of aromatic nitrogens is 2. The second kappa shape index (κ2) is 10.6. The number of fused-ring (bicyclic) bond motifs is 1. The number of rotatable bonds is 9. The van der Waals surface area contributed by atoms with Crippen molar-refractivity contribution in [1.82, 2.24) is 15.0 Å². The number of para-hydroxylation sites is 1. The summed E-state index contributed by atoms with van der Waals surface area (Å²) in [5.41, 5.74) is 3.04. The number of amides is 1. The minimum atomic E-state index is -0.349. The first-order valence-corrected chi connectivity index (χ1v) is 11.2. The maximum Gasteiger partial charge on any atom is 0.266 e. The number of hydrogen-bond acceptors (Lipinski definition) is 5. The van der Waals surface area contributed by atoms with Crippen molar-refractivity contribution in [1.29, 1.82) is 0 Å². The molecule has 8 heteroatoms. The minimum absolute atomic E-state index is 0.0776. The molecular weight excluding hydrogens is 454 g/mol. The van der Waals surface area contributed by atoms with Crippen LogP contribution in [0.25, 0.3) is 16.6 Å². The predicted octanol–water partition coefficient (Wildman–Crippen LogP) is 4.70. The number of hydroxylamine groups is 1. The molecule has 1 heterocycles. The molecule has 0 atom stereocenters. The number of nitrogens with zero attached hydrogens (tertiary/aromatic N) is 2. The summed E-state index contributed by atoms with van der Waals surface area (Å²) >= 11 is 5.01. The molecule has 0 saturated carbocycles. The monoisotopic (exact) mass is 475 g/mol. The fraction of sp³-hybridized carbons (Fsp3) is 0.286. The topological polar surface area (TPSA) is 84.2 Å². The van der Waals surface area contributed by atoms with E-state index in [1.165, 1.54) is 0 Å². The van der Waals surface area contributed by atoms with Crippen LogP contribution in [-0.2, 0) is 4.79 Å². The summed E-state index contributed by atoms with van der Waals surface area (Å²) in [6.45, 7) is 0. The molecule has 0 fully saturated rings. The molecule has 0 spiro atoms. The summed E-state index contributed by atoms with van der Waals surface area (Å²) in [5.74, 6) is 0.475. The zero-order chi connectivity index (χ0) is 20.6. The summed E-state index contributed by atoms with van der Waals surface area (Å²) in [7, 11) is 0. The van der Waals surface area contributed by atoms with Gasteiger partial charge < -0.3 is 0 Å². The zero-order valence-corrected chi connectivity index (χ0v) is 18.2. The number of carbonyl (C=O) groups excluding carboxylic acids is 1. The molecule has 1 aromatic heterocycles. The van der Waals surface area contributed by atoms with Crippen LogP contribution in [0.15, 0.2) is 63.0 Å². The van der Waals surface area contributed by atoms with Crippen molar-refractivity contribution in [3.05, 3.63) is 63.4 Å². The van der Waals surface area contributed by atoms with Gasteiger partial charge in [-0.3, -0.25) is 19.4 Å². The van der Waals surface area contributed by atoms with Crippen LogP contribution >= 0.6 is 27.7 Å². The minimum Gasteiger partial charge on any atom is -0.289 e. The van der Waals surface area contributed by atoms with E-state index >= 15 is 0 Å². The van der Waals surface area contributed by atoms with Gasteiger partial charge in [0.2, 0.25) is 5.91 Å². The number of benzene rings is 2. The van der Waals surface area contributed by atoms with Crippen molar-refractivity contribution < 1.29 is 10.0 Å². The van der Waals surface area contributed by atoms with Crippen molar-refractivity contribution in [3.63, 3.8) is 0 Å². The Morgan fingerprint density at radius 1 is 1.10 bits per heavy atom. The Balaban J connectivity index is 1.75. The second-order valence-corrected chi connectivity index (χ2v) is 8.56. The van der Waals surface area contributed by atoms with Gasteiger partial charge in [-0.2, -0.15) is 0 Å². The molecule has 0 aliphatic rings. The van der Waals surface area contributed by atoms with Gasteiger partial charge in [-0.05, 0) is 43.2 Å². The summed E-state index contributed by atoms with van der Waals surface area (Å²) in [6, 6.07) is 15.1. The van der Waals surface area contributed by atoms with Gasteiger partial charge in [-0.1, -0.05) is 58.7 Å². The molecule has 3 aromatic rings. The van der Waals surface area contributed by atoms with Crippen LogP contribution in [0.1, 0.15) is 32.1 Å². The lowest BCUT2D eigenvalue weighted by molar-refractivity contribution is -0.129. The van der Waals surface area contributed by atoms with Gasteiger partial charge in [-0.25, -0.2) is 10.5 Å². The first-order valence-electron chi connectivity index (χ1n) is 9.43. The summed E-state index contributed by atoms with van der Waals surface area (Å²) in [6.07, 6.45) is 3.91. The Morgan fingerprint density at radius 2 is 1.86 bits per heavy atom. The van der Waals surface area contributed by atoms with E-state index in [1.54, 1.807) is 27.9 Å². The average molecular weight is 476 g/mol. The Kier molecular flexibility index (Phi) is 7.85. The second-order valence-electron chi connectivity index (χ2n) is 6.58. The van der Waals surface area contributed by atoms with Gasteiger partial charge in [0.05, 0.1) is 16.6 Å². The first-order chi connectivity index (χ1) is 14.1. The van der Waals surface area contributed by atoms with Crippen LogP contribution in [0, 0.1) is 0 Å². The van der Waals surface area contributed by atoms with E-state index in [0.29, 0.717) is 22.5 Å². The van der Waals surface area contributed by atoms with Crippen LogP contribution in [0.5, 0.6) is 0 Å². The van der Waals surface area contributed by atoms with Crippen LogP contribution in [0.4, 0.5) is 0 Å². The molecule has 0 radical (unpaired) electrons. The predicted molar refractivity (Wildman–Crippen MR) is 119 cm³/mol. The lowest BCUT2D eigenvalue weighted by atomic mass is 10.1. The van der Waals surface area contributed by atoms with Gasteiger partial charge in [0, 0.05) is 16.6 Å². The van der Waals surface area contributed by atoms with Crippen molar-refractivity contribution in [2.75, 3.05) is 5.75 Å². The number of carbonyl (C=O) groups is 1. The van der Waals surface area contributed by atoms with Crippen LogP contribution < -0.4 is 11.0 Å². The Bertz CT molecular complexity index is 1040. The maximum absolute atomic E-state index is 13.2. The van der Waals surface area contributed by atoms with Crippen molar-refractivity contribution >= 4 is 44.5 Å². The van der Waals surface area contributed by atoms with Gasteiger partial charge in [0.15, 0.2) is 5.16 Å². The zero-order valence-electron chi connectivity index (χ0n) is 15.8. The number of halogens is 1. The van der Waals surface area contributed by atoms with Gasteiger partial charge in [0.25, 0.3) is 5.56 Å². The van der Waals surface area contributed by atoms with Gasteiger partial charge >= 0.3 is 0 Å². The molecule has 2 aromatic carbocycles. The highest BCUT2D eigenvalue weighted by Gasteiger charge is 2.13. The van der Waals surface area contributed by atoms with Crippen molar-refractivity contribution in [2.45, 2.75) is 37.3 Å². The highest BCUT2D eigenvalue weighted by atomic mass is 79.9. The number of unbranched alkanes of at least 4 members (excludes halogenated alkanes) is 3. The number of hydrogen-bond donors (Lipinski definition) is 2. The first kappa shape index (κ1) is 21.5. The Morgan fingerprint density at radius 3 is 2.62 bits per heavy atom. The van der Waals surface area contributed by atoms with Crippen molar-refractivity contribution in [3.8, 4) is 5.69 Å². The van der Waals surface area contributed by atoms with E-state index in [1.807, 2.05) is 42.5 Å². The average Bonchev–Trinajstić information content (AvgIpc) is 2.73. The van der Waals surface area contributed by atoms with E-state index in [4.69, 9.17) is 10.2 Å². The molecule has 0 saturated heterocycles. The Hall–Kier alpha value is -2.16. The van der Waals surface area contributed by atoms with Crippen molar-refractivity contribution in [2.24, 2.45) is 0 Å². The van der Waals surface area contributed by atoms with Gasteiger partial charge in [-0.15, -0.1) is 0 Å². The molecule has 2 N–H and O–H groups in total. The third-order valence-corrected chi connectivity index (χ3v) is 5.99. The fourth-order valence-electron chi connectivity index (χ4n) is 3.00. The molecule has 152 valence electrons. The fourth-order valence-corrected chi connectivity index (χ4v) is 4.36. The summed E-state index contributed by atoms with van der Waals surface area (Å²) in [4.78, 5) is 28.9. The molecular formula is C21H22BrN3O3S. The van der Waals surface area contributed by atoms with Crippen LogP contribution in [0.3, 0.4) is 0 Å². The highest BCUT2D eigenvalue weighted by Crippen LogP contribution is 2.24. The highest BCUT2D eigenvalue weighted by molar-refractivity contribution is 9.10. The Labute approximate surface area is 181 Å². The lowest BCUT2D eigenvalue weighted by Gasteiger charge is -2.13. The maximum atomic E-state index is 13.2. The standard InChI is InChI=1S/C21H22BrN3O3S/c22-15-11-12-17-18(14-15)23-21(25(20(17)27)16-8-4-3-5-9-16)29-13-7-2-1-6-10-19(26)24-28/h3-5,8-9,11-12,14,28H,1-2,6-7,10,13H2,(H,24,26). The number of nitrogens with one attached hydrogen (secondary N) is 1. The van der Waals surface area contributed by atoms with E-state index < -0.39 is 0 Å². The summed E-state index contributed by atoms with van der Waals surface area (Å²) < 4.78 is 2.56. The molecule has 1 amide bonds. The number of thioether (sulfide) groups is 1. The van der Waals surface area contributed by atoms with Crippen LogP contribution in [0.2, 0.25) is 0 Å². The molecule has 0 unspecified atom stereocenters. The molecule has 29 heavy (non-hydrogen) atoms.